The van der Waals surface area contributed by atoms with Crippen LogP contribution < -0.4 is 9.47 Å². The van der Waals surface area contributed by atoms with Crippen molar-refractivity contribution in [3.63, 3.8) is 0 Å². The highest BCUT2D eigenvalue weighted by Crippen LogP contribution is 2.45. The zero-order chi connectivity index (χ0) is 31.4. The van der Waals surface area contributed by atoms with E-state index in [0.717, 1.165) is 23.3 Å². The van der Waals surface area contributed by atoms with Gasteiger partial charge in [0, 0.05) is 40.6 Å². The van der Waals surface area contributed by atoms with Crippen LogP contribution in [0, 0.1) is 17.5 Å². The van der Waals surface area contributed by atoms with Crippen molar-refractivity contribution in [3.8, 4) is 28.6 Å². The highest BCUT2D eigenvalue weighted by atomic mass is 32.2. The molecule has 1 aliphatic rings. The minimum Gasteiger partial charge on any atom is -0.612 e. The highest BCUT2D eigenvalue weighted by Gasteiger charge is 2.38. The van der Waals surface area contributed by atoms with Crippen LogP contribution in [0.1, 0.15) is 30.2 Å². The molecule has 13 heteroatoms. The van der Waals surface area contributed by atoms with Crippen molar-refractivity contribution in [2.45, 2.75) is 23.7 Å². The van der Waals surface area contributed by atoms with E-state index >= 15 is 8.78 Å². The normalized spacial score (nSPS) is 17.5. The molecule has 0 aliphatic carbocycles. The van der Waals surface area contributed by atoms with Crippen molar-refractivity contribution >= 4 is 38.0 Å². The summed E-state index contributed by atoms with van der Waals surface area (Å²) in [5.74, 6) is -3.04. The second kappa shape index (κ2) is 11.1. The Morgan fingerprint density at radius 1 is 1.14 bits per heavy atom. The molecule has 0 saturated heterocycles. The van der Waals surface area contributed by atoms with Crippen LogP contribution >= 0.6 is 0 Å². The molecule has 228 valence electrons. The van der Waals surface area contributed by atoms with Gasteiger partial charge in [-0.05, 0) is 54.9 Å². The Morgan fingerprint density at radius 3 is 2.68 bits per heavy atom. The average molecular weight is 642 g/mol. The Balaban J connectivity index is 1.37. The number of nitrogens with zero attached hydrogens (tertiary/aromatic N) is 1. The fraction of sp³-hybridized carbons (Fsp3) is 0.194. The smallest absolute Gasteiger partial charge is 0.221 e. The third-order valence-corrected chi connectivity index (χ3v) is 9.25. The van der Waals surface area contributed by atoms with Crippen LogP contribution in [-0.2, 0) is 26.4 Å². The van der Waals surface area contributed by atoms with E-state index in [1.54, 1.807) is 18.3 Å². The van der Waals surface area contributed by atoms with E-state index < -0.39 is 49.6 Å². The van der Waals surface area contributed by atoms with Gasteiger partial charge >= 0.3 is 0 Å². The Labute approximate surface area is 254 Å². The zero-order valence-electron chi connectivity index (χ0n) is 23.7. The summed E-state index contributed by atoms with van der Waals surface area (Å²) < 4.78 is 92.7. The van der Waals surface area contributed by atoms with Crippen molar-refractivity contribution in [2.24, 2.45) is 0 Å². The van der Waals surface area contributed by atoms with Gasteiger partial charge in [-0.1, -0.05) is 18.2 Å². The molecule has 0 spiro atoms. The number of aromatic amines is 2. The second-order valence-corrected chi connectivity index (χ2v) is 13.9. The van der Waals surface area contributed by atoms with Crippen LogP contribution in [0.25, 0.3) is 28.4 Å². The van der Waals surface area contributed by atoms with Crippen LogP contribution in [0.2, 0.25) is 0 Å². The first-order valence-electron chi connectivity index (χ1n) is 13.4. The molecule has 5 aromatic rings. The maximum absolute atomic E-state index is 15.2. The number of H-pyrrole nitrogens is 2. The number of halogens is 3. The minimum absolute atomic E-state index is 0.0113. The van der Waals surface area contributed by atoms with E-state index in [1.165, 1.54) is 36.7 Å². The quantitative estimate of drug-likeness (QED) is 0.193. The summed E-state index contributed by atoms with van der Waals surface area (Å²) in [4.78, 5) is 10.3. The van der Waals surface area contributed by atoms with Crippen molar-refractivity contribution < 1.29 is 35.6 Å². The number of hydrogen-bond donors (Lipinski definition) is 2. The molecule has 2 unspecified atom stereocenters. The largest absolute Gasteiger partial charge is 0.612 e. The lowest BCUT2D eigenvalue weighted by Gasteiger charge is -2.35. The van der Waals surface area contributed by atoms with Crippen LogP contribution in [0.15, 0.2) is 65.2 Å². The molecule has 0 fully saturated rings. The van der Waals surface area contributed by atoms with E-state index in [4.69, 9.17) is 14.5 Å². The number of ether oxygens (including phenoxy) is 2. The molecule has 3 heterocycles. The van der Waals surface area contributed by atoms with Crippen LogP contribution in [-0.4, -0.2) is 47.0 Å². The molecule has 2 atom stereocenters. The van der Waals surface area contributed by atoms with E-state index in [1.807, 2.05) is 13.0 Å². The van der Waals surface area contributed by atoms with Gasteiger partial charge in [0.2, 0.25) is 16.5 Å². The molecule has 6 rings (SSSR count). The van der Waals surface area contributed by atoms with Crippen molar-refractivity contribution in [1.82, 2.24) is 15.0 Å². The maximum atomic E-state index is 15.2. The molecule has 2 aromatic heterocycles. The molecule has 0 saturated carbocycles. The molecule has 0 amide bonds. The molecule has 44 heavy (non-hydrogen) atoms. The Morgan fingerprint density at radius 2 is 1.93 bits per heavy atom. The van der Waals surface area contributed by atoms with E-state index in [9.17, 15) is 17.4 Å². The number of benzene rings is 3. The number of nitrogens with one attached hydrogen (secondary N) is 2. The number of hydrogen-bond acceptors (Lipinski definition) is 6. The summed E-state index contributed by atoms with van der Waals surface area (Å²) in [5, 5.41) is 1.32. The number of fused-ring (bicyclic) bond motifs is 2. The first-order chi connectivity index (χ1) is 20.9. The molecule has 3 aromatic carbocycles. The number of para-hydroxylation sites is 1. The minimum atomic E-state index is -3.36. The summed E-state index contributed by atoms with van der Waals surface area (Å²) in [5.41, 5.74) is 1.17. The van der Waals surface area contributed by atoms with Gasteiger partial charge in [0.05, 0.1) is 28.8 Å². The van der Waals surface area contributed by atoms with Gasteiger partial charge in [0.15, 0.2) is 15.7 Å². The maximum Gasteiger partial charge on any atom is 0.221 e. The number of rotatable bonds is 7. The van der Waals surface area contributed by atoms with E-state index in [0.29, 0.717) is 30.0 Å². The predicted octanol–water partition coefficient (Wildman–Crippen LogP) is 6.61. The molecule has 8 nitrogen and oxygen atoms in total. The summed E-state index contributed by atoms with van der Waals surface area (Å²) in [6.07, 6.45) is 7.52. The van der Waals surface area contributed by atoms with Gasteiger partial charge in [-0.15, -0.1) is 0 Å². The van der Waals surface area contributed by atoms with E-state index in [-0.39, 0.29) is 32.9 Å². The molecular formula is C31H26F3N3O5S2. The lowest BCUT2D eigenvalue weighted by atomic mass is 9.75. The average Bonchev–Trinajstić information content (AvgIpc) is 3.66. The van der Waals surface area contributed by atoms with Crippen molar-refractivity contribution in [3.05, 3.63) is 94.5 Å². The van der Waals surface area contributed by atoms with Crippen molar-refractivity contribution in [2.75, 3.05) is 19.1 Å². The topological polar surface area (TPSA) is 120 Å². The Kier molecular flexibility index (Phi) is 7.50. The molecule has 2 N–H and O–H groups in total. The third kappa shape index (κ3) is 5.24. The molecular weight excluding hydrogens is 615 g/mol. The summed E-state index contributed by atoms with van der Waals surface area (Å²) in [6.45, 7) is 2.30. The van der Waals surface area contributed by atoms with Crippen molar-refractivity contribution in [1.29, 1.82) is 0 Å². The number of aromatic nitrogens is 3. The molecule has 0 bridgehead atoms. The Hall–Kier alpha value is -4.20. The van der Waals surface area contributed by atoms with Gasteiger partial charge in [0.25, 0.3) is 0 Å². The Bertz CT molecular complexity index is 2060. The molecule has 0 radical (unpaired) electrons. The first kappa shape index (κ1) is 29.9. The number of imidazole rings is 1. The summed E-state index contributed by atoms with van der Waals surface area (Å²) >= 11 is -1.75. The first-order valence-corrected chi connectivity index (χ1v) is 16.9. The van der Waals surface area contributed by atoms with Crippen LogP contribution in [0.3, 0.4) is 0 Å². The monoisotopic (exact) mass is 641 g/mol. The lowest BCUT2D eigenvalue weighted by molar-refractivity contribution is 0.241. The molecule has 1 aliphatic heterocycles. The van der Waals surface area contributed by atoms with Gasteiger partial charge in [-0.3, -0.25) is 0 Å². The fourth-order valence-electron chi connectivity index (χ4n) is 5.39. The standard InChI is InChI=1S/C31H26F3N3O5S2/c1-31(11-13-41-27-17(5-4-6-21(27)31)10-14-44(3,39)40)23-16-36-30(37-23)20-15-18(7-8-22(20)32)42-28-25(34)24(33)26-19(9-12-35-26)29(28)43(2)38/h4-10,12,14-16,35H,11,13H2,1-3H3,(H,36,37)/b14-10+. The number of sulfone groups is 1. The van der Waals surface area contributed by atoms with Gasteiger partial charge in [0.1, 0.15) is 29.4 Å². The van der Waals surface area contributed by atoms with Gasteiger partial charge in [-0.25, -0.2) is 22.2 Å². The van der Waals surface area contributed by atoms with Crippen LogP contribution in [0.5, 0.6) is 17.2 Å². The second-order valence-electron chi connectivity index (χ2n) is 10.7. The predicted molar refractivity (Wildman–Crippen MR) is 161 cm³/mol. The van der Waals surface area contributed by atoms with E-state index in [2.05, 4.69) is 9.97 Å². The SMILES string of the molecule is C[S+]([O-])c1c(Oc2ccc(F)c(-c3nc(C4(C)CCOc5c(/C=C/S(C)(=O)=O)cccc54)c[nH]3)c2)c(F)c(F)c2[nH]ccc12. The van der Waals surface area contributed by atoms with Gasteiger partial charge in [-0.2, -0.15) is 4.39 Å². The third-order valence-electron chi connectivity index (χ3n) is 7.64. The lowest BCUT2D eigenvalue weighted by Crippen LogP contribution is -2.31. The van der Waals surface area contributed by atoms with Gasteiger partial charge < -0.3 is 24.0 Å². The fourth-order valence-corrected chi connectivity index (χ4v) is 6.66. The zero-order valence-corrected chi connectivity index (χ0v) is 25.3. The van der Waals surface area contributed by atoms with Crippen LogP contribution in [0.4, 0.5) is 13.2 Å². The summed E-state index contributed by atoms with van der Waals surface area (Å²) in [6, 6.07) is 10.6. The highest BCUT2D eigenvalue weighted by molar-refractivity contribution is 7.93. The summed E-state index contributed by atoms with van der Waals surface area (Å²) in [7, 11) is -3.36.